The van der Waals surface area contributed by atoms with Gasteiger partial charge in [0.05, 0.1) is 0 Å². The molecule has 0 aliphatic rings. The maximum atomic E-state index is 13.0. The van der Waals surface area contributed by atoms with Gasteiger partial charge in [-0.3, -0.25) is 0 Å². The van der Waals surface area contributed by atoms with Crippen LogP contribution in [0, 0.1) is 29.1 Å². The zero-order valence-corrected chi connectivity index (χ0v) is 7.75. The molecule has 0 aromatic heterocycles. The molecule has 1 aromatic carbocycles. The van der Waals surface area contributed by atoms with E-state index >= 15 is 0 Å². The molecular weight excluding hydrogens is 217 g/mol. The van der Waals surface area contributed by atoms with Crippen molar-refractivity contribution in [1.29, 1.82) is 0 Å². The molecule has 1 rings (SSSR count). The summed E-state index contributed by atoms with van der Waals surface area (Å²) in [6.45, 7) is 1.40. The van der Waals surface area contributed by atoms with Crippen molar-refractivity contribution >= 4 is 0 Å². The first kappa shape index (κ1) is 11.9. The van der Waals surface area contributed by atoms with Gasteiger partial charge in [0, 0.05) is 11.6 Å². The fourth-order valence-electron chi connectivity index (χ4n) is 1.15. The van der Waals surface area contributed by atoms with Crippen LogP contribution < -0.4 is 5.73 Å². The van der Waals surface area contributed by atoms with Gasteiger partial charge < -0.3 is 5.73 Å². The number of hydrogen-bond acceptors (Lipinski definition) is 1. The zero-order chi connectivity index (χ0) is 11.7. The van der Waals surface area contributed by atoms with Gasteiger partial charge in [-0.2, -0.15) is 0 Å². The summed E-state index contributed by atoms with van der Waals surface area (Å²) in [5.41, 5.74) is 4.35. The van der Waals surface area contributed by atoms with E-state index in [9.17, 15) is 22.0 Å². The summed E-state index contributed by atoms with van der Waals surface area (Å²) in [6.07, 6.45) is -0.411. The summed E-state index contributed by atoms with van der Waals surface area (Å²) in [5, 5.41) is 0. The van der Waals surface area contributed by atoms with E-state index in [2.05, 4.69) is 0 Å². The second kappa shape index (κ2) is 4.14. The average molecular weight is 225 g/mol. The van der Waals surface area contributed by atoms with E-state index in [1.807, 2.05) is 0 Å². The summed E-state index contributed by atoms with van der Waals surface area (Å²) in [7, 11) is 0. The number of halogens is 5. The Labute approximate surface area is 82.7 Å². The Bertz CT molecular complexity index is 360. The van der Waals surface area contributed by atoms with Gasteiger partial charge in [-0.05, 0) is 13.3 Å². The standard InChI is InChI=1S/C9H8F5N/c1-3(15)2-4-5(10)7(12)9(14)8(13)6(4)11/h3H,2,15H2,1H3/t3-/m1/s1. The van der Waals surface area contributed by atoms with Crippen LogP contribution in [-0.2, 0) is 6.42 Å². The van der Waals surface area contributed by atoms with Crippen LogP contribution in [0.1, 0.15) is 12.5 Å². The highest BCUT2D eigenvalue weighted by Gasteiger charge is 2.25. The fraction of sp³-hybridized carbons (Fsp3) is 0.333. The summed E-state index contributed by atoms with van der Waals surface area (Å²) < 4.78 is 63.9. The quantitative estimate of drug-likeness (QED) is 0.466. The molecule has 0 aliphatic carbocycles. The van der Waals surface area contributed by atoms with Crippen LogP contribution in [-0.4, -0.2) is 6.04 Å². The predicted molar refractivity (Wildman–Crippen MR) is 43.6 cm³/mol. The molecule has 2 N–H and O–H groups in total. The molecule has 0 spiro atoms. The Hall–Kier alpha value is -1.17. The third-order valence-electron chi connectivity index (χ3n) is 1.83. The van der Waals surface area contributed by atoms with Crippen molar-refractivity contribution in [2.45, 2.75) is 19.4 Å². The number of rotatable bonds is 2. The first-order valence-corrected chi connectivity index (χ1v) is 4.12. The number of hydrogen-bond donors (Lipinski definition) is 1. The minimum absolute atomic E-state index is 0.411. The SMILES string of the molecule is C[C@@H](N)Cc1c(F)c(F)c(F)c(F)c1F. The van der Waals surface area contributed by atoms with Gasteiger partial charge in [-0.25, -0.2) is 22.0 Å². The Balaban J connectivity index is 3.39. The number of benzene rings is 1. The molecule has 15 heavy (non-hydrogen) atoms. The van der Waals surface area contributed by atoms with E-state index in [0.717, 1.165) is 0 Å². The maximum Gasteiger partial charge on any atom is 0.200 e. The Morgan fingerprint density at radius 1 is 0.867 bits per heavy atom. The third-order valence-corrected chi connectivity index (χ3v) is 1.83. The summed E-state index contributed by atoms with van der Waals surface area (Å²) >= 11 is 0. The monoisotopic (exact) mass is 225 g/mol. The van der Waals surface area contributed by atoms with Crippen molar-refractivity contribution in [3.05, 3.63) is 34.6 Å². The molecule has 1 nitrogen and oxygen atoms in total. The molecule has 0 aliphatic heterocycles. The molecule has 1 aromatic rings. The predicted octanol–water partition coefficient (Wildman–Crippen LogP) is 2.27. The summed E-state index contributed by atoms with van der Waals surface area (Å²) in [4.78, 5) is 0. The molecule has 0 bridgehead atoms. The van der Waals surface area contributed by atoms with Gasteiger partial charge in [0.2, 0.25) is 5.82 Å². The molecule has 0 unspecified atom stereocenters. The minimum atomic E-state index is -2.15. The Morgan fingerprint density at radius 3 is 1.53 bits per heavy atom. The molecule has 0 saturated carbocycles. The zero-order valence-electron chi connectivity index (χ0n) is 7.75. The van der Waals surface area contributed by atoms with Crippen LogP contribution in [0.15, 0.2) is 0 Å². The van der Waals surface area contributed by atoms with Crippen LogP contribution in [0.2, 0.25) is 0 Å². The van der Waals surface area contributed by atoms with Crippen LogP contribution in [0.4, 0.5) is 22.0 Å². The van der Waals surface area contributed by atoms with E-state index < -0.39 is 47.1 Å². The van der Waals surface area contributed by atoms with Crippen molar-refractivity contribution in [3.63, 3.8) is 0 Å². The molecule has 1 atom stereocenters. The van der Waals surface area contributed by atoms with E-state index in [1.54, 1.807) is 0 Å². The lowest BCUT2D eigenvalue weighted by Crippen LogP contribution is -2.21. The van der Waals surface area contributed by atoms with E-state index in [1.165, 1.54) is 6.92 Å². The normalized spacial score (nSPS) is 13.0. The third kappa shape index (κ3) is 2.09. The highest BCUT2D eigenvalue weighted by molar-refractivity contribution is 5.24. The Kier molecular flexibility index (Phi) is 3.28. The molecular formula is C9H8F5N. The highest BCUT2D eigenvalue weighted by Crippen LogP contribution is 2.23. The van der Waals surface area contributed by atoms with Crippen molar-refractivity contribution < 1.29 is 22.0 Å². The second-order valence-corrected chi connectivity index (χ2v) is 3.23. The lowest BCUT2D eigenvalue weighted by Gasteiger charge is -2.09. The van der Waals surface area contributed by atoms with Crippen molar-refractivity contribution in [2.24, 2.45) is 5.73 Å². The van der Waals surface area contributed by atoms with Crippen LogP contribution in [0.3, 0.4) is 0 Å². The molecule has 84 valence electrons. The van der Waals surface area contributed by atoms with Crippen LogP contribution >= 0.6 is 0 Å². The highest BCUT2D eigenvalue weighted by atomic mass is 19.2. The summed E-state index contributed by atoms with van der Waals surface area (Å²) in [6, 6.07) is -0.696. The summed E-state index contributed by atoms with van der Waals surface area (Å²) in [5.74, 6) is -9.67. The van der Waals surface area contributed by atoms with Crippen molar-refractivity contribution in [2.75, 3.05) is 0 Å². The van der Waals surface area contributed by atoms with E-state index in [4.69, 9.17) is 5.73 Å². The first-order valence-electron chi connectivity index (χ1n) is 4.12. The van der Waals surface area contributed by atoms with Gasteiger partial charge in [-0.1, -0.05) is 0 Å². The molecule has 0 amide bonds. The van der Waals surface area contributed by atoms with E-state index in [0.29, 0.717) is 0 Å². The van der Waals surface area contributed by atoms with E-state index in [-0.39, 0.29) is 0 Å². The number of nitrogens with two attached hydrogens (primary N) is 1. The molecule has 0 radical (unpaired) electrons. The topological polar surface area (TPSA) is 26.0 Å². The van der Waals surface area contributed by atoms with Gasteiger partial charge in [0.1, 0.15) is 0 Å². The Morgan fingerprint density at radius 2 is 1.20 bits per heavy atom. The van der Waals surface area contributed by atoms with Gasteiger partial charge >= 0.3 is 0 Å². The van der Waals surface area contributed by atoms with Gasteiger partial charge in [0.15, 0.2) is 23.3 Å². The average Bonchev–Trinajstić information content (AvgIpc) is 2.18. The van der Waals surface area contributed by atoms with Crippen molar-refractivity contribution in [1.82, 2.24) is 0 Å². The van der Waals surface area contributed by atoms with Gasteiger partial charge in [0.25, 0.3) is 0 Å². The molecule has 0 fully saturated rings. The van der Waals surface area contributed by atoms with Gasteiger partial charge in [-0.15, -0.1) is 0 Å². The second-order valence-electron chi connectivity index (χ2n) is 3.23. The largest absolute Gasteiger partial charge is 0.328 e. The molecule has 0 heterocycles. The van der Waals surface area contributed by atoms with Crippen LogP contribution in [0.25, 0.3) is 0 Å². The van der Waals surface area contributed by atoms with Crippen LogP contribution in [0.5, 0.6) is 0 Å². The molecule has 0 saturated heterocycles. The fourth-order valence-corrected chi connectivity index (χ4v) is 1.15. The minimum Gasteiger partial charge on any atom is -0.328 e. The lowest BCUT2D eigenvalue weighted by molar-refractivity contribution is 0.368. The van der Waals surface area contributed by atoms with Crippen molar-refractivity contribution in [3.8, 4) is 0 Å². The molecule has 6 heteroatoms. The smallest absolute Gasteiger partial charge is 0.200 e. The maximum absolute atomic E-state index is 13.0. The first-order chi connectivity index (χ1) is 6.86. The lowest BCUT2D eigenvalue weighted by atomic mass is 10.1.